The van der Waals surface area contributed by atoms with E-state index in [2.05, 4.69) is 4.57 Å². The van der Waals surface area contributed by atoms with E-state index in [4.69, 9.17) is 9.73 Å². The number of amidine groups is 1. The molecule has 0 amide bonds. The number of ketones is 1. The van der Waals surface area contributed by atoms with Crippen LogP contribution in [0.25, 0.3) is 10.9 Å². The standard InChI is InChI=1S/C27H25N3O4/c1-4-29-17(2)23(20-9-5-6-10-21(20)29)25(31)27(18-12-14-19(34-3)15-13-18)24(26(32)33)30-16-8-7-11-22(30)28-27/h5-16,24H,4H2,1-3H3,(H,32,33). The number of benzene rings is 2. The Morgan fingerprint density at radius 3 is 2.53 bits per heavy atom. The van der Waals surface area contributed by atoms with Crippen molar-refractivity contribution in [3.63, 3.8) is 0 Å². The van der Waals surface area contributed by atoms with Crippen molar-refractivity contribution in [1.29, 1.82) is 0 Å². The van der Waals surface area contributed by atoms with Crippen LogP contribution in [0.15, 0.2) is 78.0 Å². The number of carbonyl (C=O) groups excluding carboxylic acids is 1. The van der Waals surface area contributed by atoms with Crippen LogP contribution in [0.2, 0.25) is 0 Å². The summed E-state index contributed by atoms with van der Waals surface area (Å²) in [5, 5.41) is 11.2. The van der Waals surface area contributed by atoms with Crippen molar-refractivity contribution in [3.8, 4) is 5.75 Å². The predicted octanol–water partition coefficient (Wildman–Crippen LogP) is 4.31. The van der Waals surface area contributed by atoms with E-state index in [1.165, 1.54) is 0 Å². The fraction of sp³-hybridized carbons (Fsp3) is 0.222. The van der Waals surface area contributed by atoms with Gasteiger partial charge in [-0.05, 0) is 49.8 Å². The van der Waals surface area contributed by atoms with Gasteiger partial charge < -0.3 is 19.3 Å². The number of aromatic nitrogens is 1. The molecule has 1 N–H and O–H groups in total. The van der Waals surface area contributed by atoms with Gasteiger partial charge in [-0.25, -0.2) is 9.79 Å². The first-order valence-electron chi connectivity index (χ1n) is 11.2. The minimum Gasteiger partial charge on any atom is -0.497 e. The lowest BCUT2D eigenvalue weighted by Crippen LogP contribution is -2.52. The molecule has 0 saturated heterocycles. The summed E-state index contributed by atoms with van der Waals surface area (Å²) in [7, 11) is 1.56. The minimum absolute atomic E-state index is 0.338. The molecule has 0 saturated carbocycles. The second-order valence-corrected chi connectivity index (χ2v) is 8.36. The lowest BCUT2D eigenvalue weighted by molar-refractivity contribution is -0.142. The van der Waals surface area contributed by atoms with Crippen molar-refractivity contribution in [1.82, 2.24) is 9.47 Å². The maximum absolute atomic E-state index is 14.7. The summed E-state index contributed by atoms with van der Waals surface area (Å²) in [5.41, 5.74) is 1.05. The third kappa shape index (κ3) is 2.93. The number of fused-ring (bicyclic) bond motifs is 2. The summed E-state index contributed by atoms with van der Waals surface area (Å²) in [5.74, 6) is -0.412. The molecule has 0 aliphatic carbocycles. The van der Waals surface area contributed by atoms with Crippen LogP contribution in [-0.4, -0.2) is 45.3 Å². The van der Waals surface area contributed by atoms with Gasteiger partial charge in [0, 0.05) is 34.9 Å². The molecule has 1 aromatic heterocycles. The fourth-order valence-electron chi connectivity index (χ4n) is 5.19. The number of para-hydroxylation sites is 1. The van der Waals surface area contributed by atoms with Crippen LogP contribution in [0.5, 0.6) is 5.75 Å². The second-order valence-electron chi connectivity index (χ2n) is 8.36. The average molecular weight is 456 g/mol. The van der Waals surface area contributed by atoms with Gasteiger partial charge in [-0.15, -0.1) is 0 Å². The van der Waals surface area contributed by atoms with E-state index >= 15 is 0 Å². The monoisotopic (exact) mass is 455 g/mol. The molecule has 7 heteroatoms. The SMILES string of the molecule is CCn1c(C)c(C(=O)C2(c3ccc(OC)cc3)N=C3C=CC=CN3C2C(=O)O)c2ccccc21. The Hall–Kier alpha value is -4.13. The molecule has 2 aliphatic rings. The highest BCUT2D eigenvalue weighted by atomic mass is 16.5. The van der Waals surface area contributed by atoms with Crippen LogP contribution in [0.4, 0.5) is 0 Å². The molecule has 7 nitrogen and oxygen atoms in total. The number of methoxy groups -OCH3 is 1. The van der Waals surface area contributed by atoms with Crippen molar-refractivity contribution in [2.75, 3.05) is 7.11 Å². The summed E-state index contributed by atoms with van der Waals surface area (Å²) in [6.07, 6.45) is 6.93. The Morgan fingerprint density at radius 2 is 1.85 bits per heavy atom. The zero-order valence-corrected chi connectivity index (χ0v) is 19.2. The number of ether oxygens (including phenoxy) is 1. The molecule has 2 unspecified atom stereocenters. The number of rotatable bonds is 6. The molecule has 0 radical (unpaired) electrons. The highest BCUT2D eigenvalue weighted by molar-refractivity contribution is 6.18. The van der Waals surface area contributed by atoms with E-state index < -0.39 is 17.6 Å². The normalized spacial score (nSPS) is 21.0. The van der Waals surface area contributed by atoms with Crippen LogP contribution in [0.3, 0.4) is 0 Å². The number of carbonyl (C=O) groups is 2. The zero-order valence-electron chi connectivity index (χ0n) is 19.2. The van der Waals surface area contributed by atoms with Gasteiger partial charge in [0.1, 0.15) is 11.6 Å². The summed E-state index contributed by atoms with van der Waals surface area (Å²) >= 11 is 0. The van der Waals surface area contributed by atoms with Gasteiger partial charge in [-0.1, -0.05) is 36.4 Å². The van der Waals surface area contributed by atoms with E-state index in [0.29, 0.717) is 29.3 Å². The Kier molecular flexibility index (Phi) is 5.12. The average Bonchev–Trinajstić information content (AvgIpc) is 3.36. The van der Waals surface area contributed by atoms with Gasteiger partial charge in [0.2, 0.25) is 0 Å². The molecule has 0 fully saturated rings. The largest absolute Gasteiger partial charge is 0.497 e. The van der Waals surface area contributed by atoms with Gasteiger partial charge in [0.05, 0.1) is 7.11 Å². The molecular formula is C27H25N3O4. The topological polar surface area (TPSA) is 84.1 Å². The molecule has 5 rings (SSSR count). The van der Waals surface area contributed by atoms with E-state index in [1.807, 2.05) is 38.1 Å². The Morgan fingerprint density at radius 1 is 1.12 bits per heavy atom. The van der Waals surface area contributed by atoms with Crippen LogP contribution < -0.4 is 4.74 Å². The van der Waals surface area contributed by atoms with E-state index in [-0.39, 0.29) is 5.78 Å². The molecule has 3 aromatic rings. The molecule has 0 bridgehead atoms. The number of hydrogen-bond donors (Lipinski definition) is 1. The molecular weight excluding hydrogens is 430 g/mol. The van der Waals surface area contributed by atoms with Gasteiger partial charge in [-0.2, -0.15) is 0 Å². The van der Waals surface area contributed by atoms with E-state index in [1.54, 1.807) is 60.7 Å². The summed E-state index contributed by atoms with van der Waals surface area (Å²) in [6.45, 7) is 4.62. The summed E-state index contributed by atoms with van der Waals surface area (Å²) < 4.78 is 7.38. The lowest BCUT2D eigenvalue weighted by atomic mass is 9.76. The fourth-order valence-corrected chi connectivity index (χ4v) is 5.19. The van der Waals surface area contributed by atoms with Crippen LogP contribution in [-0.2, 0) is 16.9 Å². The number of carboxylic acids is 1. The molecule has 2 atom stereocenters. The lowest BCUT2D eigenvalue weighted by Gasteiger charge is -2.33. The first-order valence-corrected chi connectivity index (χ1v) is 11.2. The number of allylic oxidation sites excluding steroid dienone is 2. The summed E-state index contributed by atoms with van der Waals surface area (Å²) in [4.78, 5) is 33.8. The third-order valence-corrected chi connectivity index (χ3v) is 6.72. The number of aryl methyl sites for hydroxylation is 1. The van der Waals surface area contributed by atoms with Gasteiger partial charge in [0.25, 0.3) is 0 Å². The minimum atomic E-state index is -1.68. The van der Waals surface area contributed by atoms with Crippen LogP contribution in [0.1, 0.15) is 28.5 Å². The van der Waals surface area contributed by atoms with Crippen LogP contribution in [0, 0.1) is 6.92 Å². The van der Waals surface area contributed by atoms with E-state index in [0.717, 1.165) is 16.6 Å². The van der Waals surface area contributed by atoms with Crippen molar-refractivity contribution in [3.05, 3.63) is 89.8 Å². The Balaban J connectivity index is 1.83. The predicted molar refractivity (Wildman–Crippen MR) is 130 cm³/mol. The first kappa shape index (κ1) is 21.7. The number of carboxylic acid groups (broad SMARTS) is 1. The third-order valence-electron chi connectivity index (χ3n) is 6.72. The van der Waals surface area contributed by atoms with Crippen molar-refractivity contribution < 1.29 is 19.4 Å². The maximum Gasteiger partial charge on any atom is 0.330 e. The van der Waals surface area contributed by atoms with Crippen LogP contribution >= 0.6 is 0 Å². The van der Waals surface area contributed by atoms with Gasteiger partial charge in [-0.3, -0.25) is 4.79 Å². The highest BCUT2D eigenvalue weighted by Crippen LogP contribution is 2.44. The summed E-state index contributed by atoms with van der Waals surface area (Å²) in [6, 6.07) is 13.4. The highest BCUT2D eigenvalue weighted by Gasteiger charge is 2.59. The smallest absolute Gasteiger partial charge is 0.330 e. The first-order chi connectivity index (χ1) is 16.4. The number of nitrogens with zero attached hydrogens (tertiary/aromatic N) is 3. The molecule has 2 aromatic carbocycles. The van der Waals surface area contributed by atoms with Crippen molar-refractivity contribution in [2.24, 2.45) is 4.99 Å². The van der Waals surface area contributed by atoms with Crippen molar-refractivity contribution in [2.45, 2.75) is 32.0 Å². The van der Waals surface area contributed by atoms with E-state index in [9.17, 15) is 14.7 Å². The zero-order chi connectivity index (χ0) is 24.0. The van der Waals surface area contributed by atoms with Gasteiger partial charge >= 0.3 is 5.97 Å². The number of Topliss-reactive ketones (excluding diaryl/α,β-unsaturated/α-hetero) is 1. The number of hydrogen-bond acceptors (Lipinski definition) is 5. The Bertz CT molecular complexity index is 1400. The number of aliphatic imine (C=N–C) groups is 1. The molecule has 3 heterocycles. The Labute approximate surface area is 197 Å². The van der Waals surface area contributed by atoms with Gasteiger partial charge in [0.15, 0.2) is 17.4 Å². The second kappa shape index (κ2) is 8.02. The quantitative estimate of drug-likeness (QED) is 0.560. The molecule has 34 heavy (non-hydrogen) atoms. The molecule has 0 spiro atoms. The maximum atomic E-state index is 14.7. The molecule has 2 aliphatic heterocycles. The molecule has 172 valence electrons. The number of aliphatic carboxylic acids is 1. The van der Waals surface area contributed by atoms with Crippen molar-refractivity contribution >= 4 is 28.5 Å².